The molecule has 2 aromatic rings. The van der Waals surface area contributed by atoms with Crippen molar-refractivity contribution < 1.29 is 17.6 Å². The van der Waals surface area contributed by atoms with Gasteiger partial charge in [-0.2, -0.15) is 13.2 Å². The van der Waals surface area contributed by atoms with E-state index in [1.54, 1.807) is 18.2 Å². The lowest BCUT2D eigenvalue weighted by molar-refractivity contribution is -0.137. The summed E-state index contributed by atoms with van der Waals surface area (Å²) in [5.41, 5.74) is 0.776. The Morgan fingerprint density at radius 1 is 1.05 bits per heavy atom. The molecule has 0 aliphatic rings. The summed E-state index contributed by atoms with van der Waals surface area (Å²) >= 11 is 0. The number of halogens is 4. The van der Waals surface area contributed by atoms with Crippen molar-refractivity contribution >= 4 is 0 Å². The second-order valence-corrected chi connectivity index (χ2v) is 4.85. The van der Waals surface area contributed by atoms with Crippen LogP contribution in [-0.4, -0.2) is 0 Å². The highest BCUT2D eigenvalue weighted by Crippen LogP contribution is 2.29. The minimum atomic E-state index is -4.33. The third-order valence-corrected chi connectivity index (χ3v) is 3.24. The fraction of sp³-hybridized carbons (Fsp3) is 0.250. The molecule has 0 fully saturated rings. The fourth-order valence-corrected chi connectivity index (χ4v) is 2.00. The molecule has 0 spiro atoms. The van der Waals surface area contributed by atoms with E-state index >= 15 is 0 Å². The van der Waals surface area contributed by atoms with Crippen LogP contribution in [0.25, 0.3) is 0 Å². The third-order valence-electron chi connectivity index (χ3n) is 3.24. The first-order valence-electron chi connectivity index (χ1n) is 6.51. The minimum absolute atomic E-state index is 0.0832. The molecular weight excluding hydrogens is 282 g/mol. The maximum Gasteiger partial charge on any atom is 0.416 e. The zero-order chi connectivity index (χ0) is 15.5. The highest BCUT2D eigenvalue weighted by atomic mass is 19.4. The van der Waals surface area contributed by atoms with Crippen LogP contribution >= 0.6 is 0 Å². The van der Waals surface area contributed by atoms with Crippen LogP contribution < -0.4 is 5.32 Å². The van der Waals surface area contributed by atoms with E-state index in [-0.39, 0.29) is 11.9 Å². The number of rotatable bonds is 4. The lowest BCUT2D eigenvalue weighted by Crippen LogP contribution is -2.18. The standard InChI is InChI=1S/C16H15F4N/c1-11(13-5-7-15(17)8-6-13)21-10-12-3-2-4-14(9-12)16(18,19)20/h2-9,11,21H,10H2,1H3/t11-/m1/s1. The van der Waals surface area contributed by atoms with Gasteiger partial charge in [0.2, 0.25) is 0 Å². The van der Waals surface area contributed by atoms with Crippen molar-refractivity contribution in [1.29, 1.82) is 0 Å². The third kappa shape index (κ3) is 4.29. The van der Waals surface area contributed by atoms with Crippen LogP contribution in [0.3, 0.4) is 0 Å². The first kappa shape index (κ1) is 15.5. The quantitative estimate of drug-likeness (QED) is 0.807. The van der Waals surface area contributed by atoms with Crippen molar-refractivity contribution in [2.24, 2.45) is 0 Å². The van der Waals surface area contributed by atoms with Crippen molar-refractivity contribution in [1.82, 2.24) is 5.32 Å². The van der Waals surface area contributed by atoms with E-state index in [1.807, 2.05) is 6.92 Å². The Morgan fingerprint density at radius 2 is 1.71 bits per heavy atom. The van der Waals surface area contributed by atoms with Crippen molar-refractivity contribution in [3.05, 3.63) is 71.0 Å². The van der Waals surface area contributed by atoms with Gasteiger partial charge in [0.15, 0.2) is 0 Å². The molecule has 5 heteroatoms. The summed E-state index contributed by atoms with van der Waals surface area (Å²) in [4.78, 5) is 0. The molecule has 1 N–H and O–H groups in total. The SMILES string of the molecule is C[C@@H](NCc1cccc(C(F)(F)F)c1)c1ccc(F)cc1. The topological polar surface area (TPSA) is 12.0 Å². The molecule has 0 aliphatic carbocycles. The van der Waals surface area contributed by atoms with Gasteiger partial charge in [0.05, 0.1) is 5.56 Å². The molecule has 0 radical (unpaired) electrons. The predicted molar refractivity (Wildman–Crippen MR) is 73.1 cm³/mol. The molecule has 1 atom stereocenters. The van der Waals surface area contributed by atoms with Gasteiger partial charge in [-0.3, -0.25) is 0 Å². The second kappa shape index (κ2) is 6.26. The molecule has 2 rings (SSSR count). The van der Waals surface area contributed by atoms with Gasteiger partial charge in [-0.1, -0.05) is 30.3 Å². The van der Waals surface area contributed by atoms with Gasteiger partial charge in [-0.15, -0.1) is 0 Å². The molecule has 0 saturated carbocycles. The summed E-state index contributed by atoms with van der Waals surface area (Å²) in [6.07, 6.45) is -4.33. The number of benzene rings is 2. The zero-order valence-electron chi connectivity index (χ0n) is 11.4. The Bertz CT molecular complexity index is 590. The van der Waals surface area contributed by atoms with Crippen molar-refractivity contribution in [3.63, 3.8) is 0 Å². The van der Waals surface area contributed by atoms with E-state index < -0.39 is 11.7 Å². The Hall–Kier alpha value is -1.88. The first-order valence-corrected chi connectivity index (χ1v) is 6.51. The van der Waals surface area contributed by atoms with Gasteiger partial charge in [0.1, 0.15) is 5.82 Å². The summed E-state index contributed by atoms with van der Waals surface area (Å²) < 4.78 is 50.7. The molecule has 0 aromatic heterocycles. The summed E-state index contributed by atoms with van der Waals surface area (Å²) in [5, 5.41) is 3.12. The normalized spacial score (nSPS) is 13.2. The lowest BCUT2D eigenvalue weighted by Gasteiger charge is -2.15. The van der Waals surface area contributed by atoms with Crippen LogP contribution in [0, 0.1) is 5.82 Å². The highest BCUT2D eigenvalue weighted by molar-refractivity contribution is 5.26. The van der Waals surface area contributed by atoms with E-state index in [2.05, 4.69) is 5.32 Å². The highest BCUT2D eigenvalue weighted by Gasteiger charge is 2.30. The molecule has 0 amide bonds. The average Bonchev–Trinajstić information content (AvgIpc) is 2.45. The molecule has 0 heterocycles. The molecule has 2 aromatic carbocycles. The van der Waals surface area contributed by atoms with Crippen molar-refractivity contribution in [2.75, 3.05) is 0 Å². The van der Waals surface area contributed by atoms with Crippen LogP contribution in [0.15, 0.2) is 48.5 Å². The zero-order valence-corrected chi connectivity index (χ0v) is 11.4. The average molecular weight is 297 g/mol. The van der Waals surface area contributed by atoms with E-state index in [1.165, 1.54) is 18.2 Å². The van der Waals surface area contributed by atoms with Crippen molar-refractivity contribution in [3.8, 4) is 0 Å². The van der Waals surface area contributed by atoms with E-state index in [0.29, 0.717) is 12.1 Å². The van der Waals surface area contributed by atoms with Gasteiger partial charge in [0, 0.05) is 12.6 Å². The monoisotopic (exact) mass is 297 g/mol. The Kier molecular flexibility index (Phi) is 4.63. The molecule has 21 heavy (non-hydrogen) atoms. The summed E-state index contributed by atoms with van der Waals surface area (Å²) in [5.74, 6) is -0.316. The maximum absolute atomic E-state index is 12.8. The summed E-state index contributed by atoms with van der Waals surface area (Å²) in [6, 6.07) is 11.1. The summed E-state index contributed by atoms with van der Waals surface area (Å²) in [6.45, 7) is 2.18. The molecule has 0 bridgehead atoms. The number of hydrogen-bond acceptors (Lipinski definition) is 1. The Morgan fingerprint density at radius 3 is 2.33 bits per heavy atom. The lowest BCUT2D eigenvalue weighted by atomic mass is 10.1. The molecular formula is C16H15F4N. The van der Waals surface area contributed by atoms with Crippen LogP contribution in [0.2, 0.25) is 0 Å². The number of hydrogen-bond donors (Lipinski definition) is 1. The van der Waals surface area contributed by atoms with Gasteiger partial charge < -0.3 is 5.32 Å². The number of alkyl halides is 3. The van der Waals surface area contributed by atoms with Crippen LogP contribution in [-0.2, 0) is 12.7 Å². The van der Waals surface area contributed by atoms with E-state index in [9.17, 15) is 17.6 Å². The Balaban J connectivity index is 2.01. The predicted octanol–water partition coefficient (Wildman–Crippen LogP) is 4.70. The largest absolute Gasteiger partial charge is 0.416 e. The van der Waals surface area contributed by atoms with Crippen molar-refractivity contribution in [2.45, 2.75) is 25.7 Å². The van der Waals surface area contributed by atoms with Crippen LogP contribution in [0.4, 0.5) is 17.6 Å². The van der Waals surface area contributed by atoms with Gasteiger partial charge in [-0.25, -0.2) is 4.39 Å². The van der Waals surface area contributed by atoms with Gasteiger partial charge in [-0.05, 0) is 36.2 Å². The first-order chi connectivity index (χ1) is 9.86. The molecule has 1 nitrogen and oxygen atoms in total. The molecule has 0 aliphatic heterocycles. The number of nitrogens with one attached hydrogen (secondary N) is 1. The minimum Gasteiger partial charge on any atom is -0.306 e. The molecule has 0 saturated heterocycles. The van der Waals surface area contributed by atoms with Crippen LogP contribution in [0.1, 0.15) is 29.7 Å². The van der Waals surface area contributed by atoms with E-state index in [4.69, 9.17) is 0 Å². The fourth-order valence-electron chi connectivity index (χ4n) is 2.00. The molecule has 0 unspecified atom stereocenters. The van der Waals surface area contributed by atoms with E-state index in [0.717, 1.165) is 17.7 Å². The Labute approximate surface area is 120 Å². The van der Waals surface area contributed by atoms with Gasteiger partial charge >= 0.3 is 6.18 Å². The summed E-state index contributed by atoms with van der Waals surface area (Å²) in [7, 11) is 0. The second-order valence-electron chi connectivity index (χ2n) is 4.85. The van der Waals surface area contributed by atoms with Crippen LogP contribution in [0.5, 0.6) is 0 Å². The molecule has 112 valence electrons. The smallest absolute Gasteiger partial charge is 0.306 e. The van der Waals surface area contributed by atoms with Gasteiger partial charge in [0.25, 0.3) is 0 Å². The maximum atomic E-state index is 12.8.